The van der Waals surface area contributed by atoms with E-state index in [1.165, 1.54) is 5.56 Å². The number of nitrogens with one attached hydrogen (secondary N) is 1. The average molecular weight is 512 g/mol. The van der Waals surface area contributed by atoms with Crippen molar-refractivity contribution in [2.75, 3.05) is 6.54 Å². The SMILES string of the molecule is CC(CCc1ccc(OC(=O)C(C)C)cc1)NCCc1ccc(OC(=O)C(C)C)c(OC(=O)C(C)C)c1. The molecule has 7 nitrogen and oxygen atoms in total. The summed E-state index contributed by atoms with van der Waals surface area (Å²) < 4.78 is 16.3. The van der Waals surface area contributed by atoms with E-state index >= 15 is 0 Å². The zero-order valence-corrected chi connectivity index (χ0v) is 23.1. The Labute approximate surface area is 220 Å². The summed E-state index contributed by atoms with van der Waals surface area (Å²) in [5.74, 6) is -0.658. The van der Waals surface area contributed by atoms with Gasteiger partial charge in [-0.3, -0.25) is 14.4 Å². The van der Waals surface area contributed by atoms with Crippen molar-refractivity contribution < 1.29 is 28.6 Å². The normalized spacial score (nSPS) is 12.1. The van der Waals surface area contributed by atoms with Crippen molar-refractivity contribution in [2.45, 2.75) is 73.8 Å². The molecule has 2 rings (SSSR count). The van der Waals surface area contributed by atoms with Crippen LogP contribution < -0.4 is 19.5 Å². The Hall–Kier alpha value is -3.19. The van der Waals surface area contributed by atoms with Gasteiger partial charge in [-0.15, -0.1) is 0 Å². The maximum absolute atomic E-state index is 12.2. The van der Waals surface area contributed by atoms with Crippen LogP contribution in [0.15, 0.2) is 42.5 Å². The molecular formula is C30H41NO6. The summed E-state index contributed by atoms with van der Waals surface area (Å²) in [6.07, 6.45) is 2.58. The fourth-order valence-electron chi connectivity index (χ4n) is 3.23. The van der Waals surface area contributed by atoms with Crippen molar-refractivity contribution in [1.29, 1.82) is 0 Å². The van der Waals surface area contributed by atoms with Gasteiger partial charge in [-0.2, -0.15) is 0 Å². The van der Waals surface area contributed by atoms with Gasteiger partial charge in [0, 0.05) is 6.04 Å². The summed E-state index contributed by atoms with van der Waals surface area (Å²) in [7, 11) is 0. The number of ether oxygens (including phenoxy) is 3. The first-order valence-corrected chi connectivity index (χ1v) is 13.1. The zero-order chi connectivity index (χ0) is 27.5. The molecule has 0 aromatic heterocycles. The molecule has 2 aromatic carbocycles. The van der Waals surface area contributed by atoms with Gasteiger partial charge in [0.2, 0.25) is 0 Å². The highest BCUT2D eigenvalue weighted by Gasteiger charge is 2.18. The van der Waals surface area contributed by atoms with E-state index in [9.17, 15) is 14.4 Å². The van der Waals surface area contributed by atoms with Crippen LogP contribution in [0.3, 0.4) is 0 Å². The van der Waals surface area contributed by atoms with E-state index in [4.69, 9.17) is 14.2 Å². The van der Waals surface area contributed by atoms with Crippen molar-refractivity contribution in [2.24, 2.45) is 17.8 Å². The van der Waals surface area contributed by atoms with E-state index in [0.29, 0.717) is 11.8 Å². The molecule has 1 N–H and O–H groups in total. The fraction of sp³-hybridized carbons (Fsp3) is 0.500. The Bertz CT molecular complexity index is 1040. The molecule has 7 heteroatoms. The predicted molar refractivity (Wildman–Crippen MR) is 144 cm³/mol. The summed E-state index contributed by atoms with van der Waals surface area (Å²) in [6.45, 7) is 13.5. The second-order valence-corrected chi connectivity index (χ2v) is 10.3. The van der Waals surface area contributed by atoms with Crippen molar-refractivity contribution >= 4 is 17.9 Å². The number of hydrogen-bond donors (Lipinski definition) is 1. The molecular weight excluding hydrogens is 470 g/mol. The lowest BCUT2D eigenvalue weighted by Gasteiger charge is -2.16. The molecule has 0 amide bonds. The third kappa shape index (κ3) is 10.4. The van der Waals surface area contributed by atoms with Crippen molar-refractivity contribution in [3.05, 3.63) is 53.6 Å². The first-order valence-electron chi connectivity index (χ1n) is 13.1. The van der Waals surface area contributed by atoms with Crippen molar-refractivity contribution in [3.8, 4) is 17.2 Å². The summed E-state index contributed by atoms with van der Waals surface area (Å²) in [6, 6.07) is 13.3. The molecule has 1 atom stereocenters. The number of rotatable bonds is 13. The number of benzene rings is 2. The Morgan fingerprint density at radius 2 is 1.16 bits per heavy atom. The number of aryl methyl sites for hydroxylation is 1. The Kier molecular flexibility index (Phi) is 11.8. The van der Waals surface area contributed by atoms with Crippen molar-refractivity contribution in [1.82, 2.24) is 5.32 Å². The van der Waals surface area contributed by atoms with Crippen molar-refractivity contribution in [3.63, 3.8) is 0 Å². The maximum Gasteiger partial charge on any atom is 0.313 e. The van der Waals surface area contributed by atoms with E-state index in [-0.39, 0.29) is 47.2 Å². The van der Waals surface area contributed by atoms with Gasteiger partial charge in [0.25, 0.3) is 0 Å². The lowest BCUT2D eigenvalue weighted by molar-refractivity contribution is -0.140. The van der Waals surface area contributed by atoms with E-state index in [0.717, 1.165) is 31.4 Å². The maximum atomic E-state index is 12.2. The molecule has 0 fully saturated rings. The summed E-state index contributed by atoms with van der Waals surface area (Å²) in [5.41, 5.74) is 2.16. The highest BCUT2D eigenvalue weighted by molar-refractivity contribution is 5.78. The van der Waals surface area contributed by atoms with Gasteiger partial charge in [-0.25, -0.2) is 0 Å². The first kappa shape index (κ1) is 30.0. The third-order valence-corrected chi connectivity index (χ3v) is 5.76. The molecule has 202 valence electrons. The molecule has 0 radical (unpaired) electrons. The summed E-state index contributed by atoms with van der Waals surface area (Å²) in [4.78, 5) is 36.0. The molecule has 0 saturated heterocycles. The Balaban J connectivity index is 1.88. The molecule has 0 spiro atoms. The van der Waals surface area contributed by atoms with Gasteiger partial charge < -0.3 is 19.5 Å². The fourth-order valence-corrected chi connectivity index (χ4v) is 3.23. The van der Waals surface area contributed by atoms with Gasteiger partial charge in [0.1, 0.15) is 5.75 Å². The van der Waals surface area contributed by atoms with Gasteiger partial charge in [0.15, 0.2) is 11.5 Å². The smallest absolute Gasteiger partial charge is 0.313 e. The predicted octanol–water partition coefficient (Wildman–Crippen LogP) is 5.52. The van der Waals surface area contributed by atoms with Crippen LogP contribution in [0.2, 0.25) is 0 Å². The molecule has 2 aromatic rings. The minimum Gasteiger partial charge on any atom is -0.426 e. The highest BCUT2D eigenvalue weighted by atomic mass is 16.6. The topological polar surface area (TPSA) is 90.9 Å². The minimum absolute atomic E-state index is 0.159. The quantitative estimate of drug-likeness (QED) is 0.279. The Morgan fingerprint density at radius 3 is 1.73 bits per heavy atom. The van der Waals surface area contributed by atoms with Gasteiger partial charge >= 0.3 is 17.9 Å². The van der Waals surface area contributed by atoms with E-state index in [1.807, 2.05) is 44.2 Å². The standard InChI is InChI=1S/C30H41NO6/c1-19(2)28(32)35-25-13-10-23(11-14-25)9-8-22(7)31-17-16-24-12-15-26(36-29(33)20(3)4)27(18-24)37-30(34)21(5)6/h10-15,18-22,31H,8-9,16-17H2,1-7H3. The zero-order valence-electron chi connectivity index (χ0n) is 23.1. The molecule has 0 saturated carbocycles. The number of hydrogen-bond acceptors (Lipinski definition) is 7. The Morgan fingerprint density at radius 1 is 0.649 bits per heavy atom. The monoisotopic (exact) mass is 511 g/mol. The molecule has 37 heavy (non-hydrogen) atoms. The summed E-state index contributed by atoms with van der Waals surface area (Å²) in [5, 5.41) is 3.53. The third-order valence-electron chi connectivity index (χ3n) is 5.76. The molecule has 1 unspecified atom stereocenters. The molecule has 0 aliphatic rings. The van der Waals surface area contributed by atoms with Crippen LogP contribution in [0.25, 0.3) is 0 Å². The molecule has 0 aliphatic carbocycles. The van der Waals surface area contributed by atoms with Crippen LogP contribution in [0.1, 0.15) is 66.0 Å². The van der Waals surface area contributed by atoms with Crippen LogP contribution in [0.5, 0.6) is 17.2 Å². The van der Waals surface area contributed by atoms with Crippen LogP contribution in [0, 0.1) is 17.8 Å². The number of carbonyl (C=O) groups excluding carboxylic acids is 3. The lowest BCUT2D eigenvalue weighted by Crippen LogP contribution is -2.28. The van der Waals surface area contributed by atoms with E-state index in [2.05, 4.69) is 12.2 Å². The molecule has 0 bridgehead atoms. The van der Waals surface area contributed by atoms with Crippen LogP contribution in [-0.4, -0.2) is 30.5 Å². The van der Waals surface area contributed by atoms with E-state index < -0.39 is 0 Å². The van der Waals surface area contributed by atoms with Crippen LogP contribution >= 0.6 is 0 Å². The highest BCUT2D eigenvalue weighted by Crippen LogP contribution is 2.30. The van der Waals surface area contributed by atoms with Gasteiger partial charge in [-0.1, -0.05) is 59.7 Å². The second-order valence-electron chi connectivity index (χ2n) is 10.3. The lowest BCUT2D eigenvalue weighted by atomic mass is 10.1. The molecule has 0 aliphatic heterocycles. The van der Waals surface area contributed by atoms with E-state index in [1.54, 1.807) is 39.8 Å². The first-order chi connectivity index (χ1) is 17.5. The van der Waals surface area contributed by atoms with Gasteiger partial charge in [-0.05, 0) is 68.1 Å². The van der Waals surface area contributed by atoms with Crippen LogP contribution in [0.4, 0.5) is 0 Å². The minimum atomic E-state index is -0.378. The van der Waals surface area contributed by atoms with Gasteiger partial charge in [0.05, 0.1) is 17.8 Å². The van der Waals surface area contributed by atoms with Crippen LogP contribution in [-0.2, 0) is 27.2 Å². The second kappa shape index (κ2) is 14.5. The molecule has 0 heterocycles. The number of carbonyl (C=O) groups is 3. The average Bonchev–Trinajstić information content (AvgIpc) is 2.84. The largest absolute Gasteiger partial charge is 0.426 e. The number of esters is 3. The summed E-state index contributed by atoms with van der Waals surface area (Å²) >= 11 is 0.